The first-order valence-corrected chi connectivity index (χ1v) is 7.25. The van der Waals surface area contributed by atoms with E-state index in [1.807, 2.05) is 0 Å². The van der Waals surface area contributed by atoms with E-state index in [0.29, 0.717) is 37.4 Å². The van der Waals surface area contributed by atoms with E-state index < -0.39 is 5.60 Å². The number of amides is 1. The maximum Gasteiger partial charge on any atom is 0.251 e. The van der Waals surface area contributed by atoms with Crippen molar-refractivity contribution in [1.82, 2.24) is 5.32 Å². The lowest BCUT2D eigenvalue weighted by Gasteiger charge is -2.32. The second kappa shape index (κ2) is 6.56. The van der Waals surface area contributed by atoms with Crippen LogP contribution in [0.4, 0.5) is 0 Å². The third-order valence-electron chi connectivity index (χ3n) is 3.42. The second-order valence-corrected chi connectivity index (χ2v) is 5.72. The van der Waals surface area contributed by atoms with E-state index in [0.717, 1.165) is 4.47 Å². The molecule has 1 saturated heterocycles. The van der Waals surface area contributed by atoms with Crippen LogP contribution in [0.2, 0.25) is 0 Å². The van der Waals surface area contributed by atoms with Gasteiger partial charge < -0.3 is 19.9 Å². The highest BCUT2D eigenvalue weighted by Crippen LogP contribution is 2.25. The Kier molecular flexibility index (Phi) is 5.01. The molecule has 1 amide bonds. The lowest BCUT2D eigenvalue weighted by molar-refractivity contribution is -0.0605. The molecular formula is C14H18BrNO4. The van der Waals surface area contributed by atoms with Crippen LogP contribution in [0.15, 0.2) is 22.7 Å². The van der Waals surface area contributed by atoms with Crippen LogP contribution in [0.3, 0.4) is 0 Å². The van der Waals surface area contributed by atoms with Crippen LogP contribution in [0.25, 0.3) is 0 Å². The van der Waals surface area contributed by atoms with E-state index in [2.05, 4.69) is 21.2 Å². The summed E-state index contributed by atoms with van der Waals surface area (Å²) in [5.41, 5.74) is -0.342. The van der Waals surface area contributed by atoms with Crippen molar-refractivity contribution in [3.63, 3.8) is 0 Å². The maximum absolute atomic E-state index is 12.1. The molecule has 0 saturated carbocycles. The molecule has 0 radical (unpaired) electrons. The number of methoxy groups -OCH3 is 1. The average molecular weight is 344 g/mol. The SMILES string of the molecule is COc1ccc(C(=O)NCC2(O)CCOCC2)cc1Br. The first-order valence-electron chi connectivity index (χ1n) is 6.46. The van der Waals surface area contributed by atoms with Crippen molar-refractivity contribution in [2.75, 3.05) is 26.9 Å². The number of rotatable bonds is 4. The number of hydrogen-bond donors (Lipinski definition) is 2. The van der Waals surface area contributed by atoms with Crippen molar-refractivity contribution in [3.8, 4) is 5.75 Å². The molecule has 0 aromatic heterocycles. The standard InChI is InChI=1S/C14H18BrNO4/c1-19-12-3-2-10(8-11(12)15)13(17)16-9-14(18)4-6-20-7-5-14/h2-3,8,18H,4-7,9H2,1H3,(H,16,17). The molecule has 1 heterocycles. The fraction of sp³-hybridized carbons (Fsp3) is 0.500. The van der Waals surface area contributed by atoms with Gasteiger partial charge in [-0.3, -0.25) is 4.79 Å². The van der Waals surface area contributed by atoms with Crippen molar-refractivity contribution in [2.45, 2.75) is 18.4 Å². The van der Waals surface area contributed by atoms with Crippen molar-refractivity contribution in [3.05, 3.63) is 28.2 Å². The molecule has 1 fully saturated rings. The molecule has 0 aliphatic carbocycles. The number of aliphatic hydroxyl groups is 1. The zero-order valence-corrected chi connectivity index (χ0v) is 12.9. The minimum Gasteiger partial charge on any atom is -0.496 e. The zero-order chi connectivity index (χ0) is 14.6. The fourth-order valence-corrected chi connectivity index (χ4v) is 2.62. The fourth-order valence-electron chi connectivity index (χ4n) is 2.08. The summed E-state index contributed by atoms with van der Waals surface area (Å²) in [6.45, 7) is 1.29. The Bertz CT molecular complexity index is 486. The first kappa shape index (κ1) is 15.3. The van der Waals surface area contributed by atoms with E-state index in [-0.39, 0.29) is 12.5 Å². The van der Waals surface area contributed by atoms with Crippen LogP contribution < -0.4 is 10.1 Å². The zero-order valence-electron chi connectivity index (χ0n) is 11.3. The molecule has 6 heteroatoms. The largest absolute Gasteiger partial charge is 0.496 e. The quantitative estimate of drug-likeness (QED) is 0.873. The molecule has 0 bridgehead atoms. The van der Waals surface area contributed by atoms with Crippen LogP contribution in [0.1, 0.15) is 23.2 Å². The summed E-state index contributed by atoms with van der Waals surface area (Å²) in [5.74, 6) is 0.456. The highest BCUT2D eigenvalue weighted by Gasteiger charge is 2.30. The van der Waals surface area contributed by atoms with E-state index >= 15 is 0 Å². The van der Waals surface area contributed by atoms with Crippen molar-refractivity contribution < 1.29 is 19.4 Å². The first-order chi connectivity index (χ1) is 9.54. The Labute approximate surface area is 126 Å². The van der Waals surface area contributed by atoms with Gasteiger partial charge in [-0.25, -0.2) is 0 Å². The van der Waals surface area contributed by atoms with Gasteiger partial charge >= 0.3 is 0 Å². The highest BCUT2D eigenvalue weighted by atomic mass is 79.9. The topological polar surface area (TPSA) is 67.8 Å². The van der Waals surface area contributed by atoms with E-state index in [1.54, 1.807) is 25.3 Å². The molecule has 5 nitrogen and oxygen atoms in total. The average Bonchev–Trinajstić information content (AvgIpc) is 2.45. The Hall–Kier alpha value is -1.11. The number of carbonyl (C=O) groups excluding carboxylic acids is 1. The smallest absolute Gasteiger partial charge is 0.251 e. The Morgan fingerprint density at radius 2 is 2.20 bits per heavy atom. The summed E-state index contributed by atoms with van der Waals surface area (Å²) in [4.78, 5) is 12.1. The van der Waals surface area contributed by atoms with Crippen LogP contribution in [0, 0.1) is 0 Å². The molecule has 1 aromatic carbocycles. The highest BCUT2D eigenvalue weighted by molar-refractivity contribution is 9.10. The Morgan fingerprint density at radius 3 is 2.80 bits per heavy atom. The molecule has 1 aliphatic rings. The second-order valence-electron chi connectivity index (χ2n) is 4.87. The monoisotopic (exact) mass is 343 g/mol. The van der Waals surface area contributed by atoms with Crippen LogP contribution in [-0.4, -0.2) is 43.5 Å². The van der Waals surface area contributed by atoms with Gasteiger partial charge in [0.05, 0.1) is 17.2 Å². The predicted octanol–water partition coefficient (Wildman–Crippen LogP) is 1.73. The lowest BCUT2D eigenvalue weighted by Crippen LogP contribution is -2.46. The molecule has 0 unspecified atom stereocenters. The van der Waals surface area contributed by atoms with Crippen LogP contribution in [-0.2, 0) is 4.74 Å². The van der Waals surface area contributed by atoms with E-state index in [9.17, 15) is 9.90 Å². The van der Waals surface area contributed by atoms with Gasteiger partial charge in [-0.15, -0.1) is 0 Å². The molecule has 1 aromatic rings. The summed E-state index contributed by atoms with van der Waals surface area (Å²) in [7, 11) is 1.57. The predicted molar refractivity (Wildman–Crippen MR) is 78.0 cm³/mol. The molecule has 110 valence electrons. The summed E-state index contributed by atoms with van der Waals surface area (Å²) >= 11 is 3.34. The van der Waals surface area contributed by atoms with Crippen LogP contribution >= 0.6 is 15.9 Å². The Balaban J connectivity index is 1.96. The molecule has 1 aliphatic heterocycles. The summed E-state index contributed by atoms with van der Waals surface area (Å²) in [6.07, 6.45) is 1.08. The minimum atomic E-state index is -0.863. The molecule has 20 heavy (non-hydrogen) atoms. The van der Waals surface area contributed by atoms with Gasteiger partial charge in [-0.2, -0.15) is 0 Å². The van der Waals surface area contributed by atoms with Gasteiger partial charge in [0.25, 0.3) is 5.91 Å². The third kappa shape index (κ3) is 3.71. The minimum absolute atomic E-state index is 0.215. The summed E-state index contributed by atoms with van der Waals surface area (Å²) in [5, 5.41) is 13.0. The Morgan fingerprint density at radius 1 is 1.50 bits per heavy atom. The molecule has 2 rings (SSSR count). The number of carbonyl (C=O) groups is 1. The van der Waals surface area contributed by atoms with E-state index in [4.69, 9.17) is 9.47 Å². The van der Waals surface area contributed by atoms with Gasteiger partial charge in [-0.1, -0.05) is 0 Å². The normalized spacial score (nSPS) is 17.6. The lowest BCUT2D eigenvalue weighted by atomic mass is 9.94. The van der Waals surface area contributed by atoms with Gasteiger partial charge in [-0.05, 0) is 34.1 Å². The van der Waals surface area contributed by atoms with E-state index in [1.165, 1.54) is 0 Å². The van der Waals surface area contributed by atoms with Crippen molar-refractivity contribution in [2.24, 2.45) is 0 Å². The van der Waals surface area contributed by atoms with Gasteiger partial charge in [0.15, 0.2) is 0 Å². The third-order valence-corrected chi connectivity index (χ3v) is 4.04. The maximum atomic E-state index is 12.1. The molecular weight excluding hydrogens is 326 g/mol. The molecule has 2 N–H and O–H groups in total. The van der Waals surface area contributed by atoms with Crippen molar-refractivity contribution >= 4 is 21.8 Å². The molecule has 0 atom stereocenters. The summed E-state index contributed by atoms with van der Waals surface area (Å²) < 4.78 is 11.0. The molecule has 0 spiro atoms. The van der Waals surface area contributed by atoms with Crippen molar-refractivity contribution in [1.29, 1.82) is 0 Å². The number of benzene rings is 1. The number of nitrogens with one attached hydrogen (secondary N) is 1. The number of halogens is 1. The number of ether oxygens (including phenoxy) is 2. The van der Waals surface area contributed by atoms with Gasteiger partial charge in [0, 0.05) is 38.2 Å². The van der Waals surface area contributed by atoms with Gasteiger partial charge in [0.2, 0.25) is 0 Å². The van der Waals surface area contributed by atoms with Crippen LogP contribution in [0.5, 0.6) is 5.75 Å². The summed E-state index contributed by atoms with van der Waals surface area (Å²) in [6, 6.07) is 5.11. The van der Waals surface area contributed by atoms with Gasteiger partial charge in [0.1, 0.15) is 5.75 Å². The number of hydrogen-bond acceptors (Lipinski definition) is 4.